The fourth-order valence-corrected chi connectivity index (χ4v) is 3.05. The highest BCUT2D eigenvalue weighted by Crippen LogP contribution is 2.30. The van der Waals surface area contributed by atoms with Crippen LogP contribution in [0.25, 0.3) is 10.9 Å². The van der Waals surface area contributed by atoms with Gasteiger partial charge in [0.2, 0.25) is 5.78 Å². The molecule has 3 aromatic rings. The van der Waals surface area contributed by atoms with Gasteiger partial charge in [-0.3, -0.25) is 4.79 Å². The Morgan fingerprint density at radius 2 is 1.81 bits per heavy atom. The standard InChI is InChI=1S/C19H15N3O5/c1-11-15(22-10-21-11)8-19(26-16(23)6-7-17(24)27-19)18(25)13-9-20-14-5-3-2-4-12(13)14/h2-7,9-10,20H,8H2,1H3,(H,21,22). The molecular weight excluding hydrogens is 350 g/mol. The smallest absolute Gasteiger partial charge is 0.334 e. The number of hydrogen-bond donors (Lipinski definition) is 2. The average molecular weight is 365 g/mol. The van der Waals surface area contributed by atoms with Crippen molar-refractivity contribution in [3.8, 4) is 0 Å². The van der Waals surface area contributed by atoms with Crippen LogP contribution in [0.2, 0.25) is 0 Å². The molecule has 0 saturated heterocycles. The van der Waals surface area contributed by atoms with E-state index in [1.807, 2.05) is 12.1 Å². The normalized spacial score (nSPS) is 16.0. The van der Waals surface area contributed by atoms with Crippen LogP contribution in [0, 0.1) is 6.92 Å². The van der Waals surface area contributed by atoms with Crippen LogP contribution in [-0.2, 0) is 25.5 Å². The van der Waals surface area contributed by atoms with Gasteiger partial charge in [-0.25, -0.2) is 14.6 Å². The monoisotopic (exact) mass is 365 g/mol. The number of nitrogens with one attached hydrogen (secondary N) is 2. The summed E-state index contributed by atoms with van der Waals surface area (Å²) in [7, 11) is 0. The molecule has 0 aliphatic carbocycles. The summed E-state index contributed by atoms with van der Waals surface area (Å²) in [5, 5.41) is 0.630. The zero-order valence-electron chi connectivity index (χ0n) is 14.3. The van der Waals surface area contributed by atoms with Crippen molar-refractivity contribution in [3.05, 3.63) is 65.9 Å². The van der Waals surface area contributed by atoms with E-state index in [-0.39, 0.29) is 12.0 Å². The molecule has 0 atom stereocenters. The van der Waals surface area contributed by atoms with Gasteiger partial charge in [-0.1, -0.05) is 18.2 Å². The first-order valence-electron chi connectivity index (χ1n) is 8.22. The van der Waals surface area contributed by atoms with Gasteiger partial charge in [-0.05, 0) is 13.0 Å². The lowest BCUT2D eigenvalue weighted by Crippen LogP contribution is -2.48. The third kappa shape index (κ3) is 2.91. The largest absolute Gasteiger partial charge is 0.411 e. The summed E-state index contributed by atoms with van der Waals surface area (Å²) in [6.07, 6.45) is 4.62. The number of hydrogen-bond acceptors (Lipinski definition) is 6. The van der Waals surface area contributed by atoms with E-state index in [0.29, 0.717) is 16.8 Å². The van der Waals surface area contributed by atoms with Crippen molar-refractivity contribution >= 4 is 28.6 Å². The molecule has 0 saturated carbocycles. The minimum absolute atomic E-state index is 0.208. The van der Waals surface area contributed by atoms with Crippen molar-refractivity contribution in [2.75, 3.05) is 0 Å². The van der Waals surface area contributed by atoms with E-state index in [2.05, 4.69) is 15.0 Å². The SMILES string of the molecule is Cc1[nH]cnc1CC1(C(=O)c2c[nH]c3ccccc23)OC(=O)C=CC(=O)O1. The van der Waals surface area contributed by atoms with Crippen LogP contribution in [0.1, 0.15) is 21.7 Å². The first kappa shape index (κ1) is 16.8. The zero-order chi connectivity index (χ0) is 19.0. The van der Waals surface area contributed by atoms with Crippen molar-refractivity contribution in [2.45, 2.75) is 19.1 Å². The molecule has 4 rings (SSSR count). The maximum absolute atomic E-state index is 13.4. The molecule has 0 radical (unpaired) electrons. The Labute approximate surface area is 153 Å². The highest BCUT2D eigenvalue weighted by atomic mass is 16.7. The van der Waals surface area contributed by atoms with Crippen molar-refractivity contribution in [3.63, 3.8) is 0 Å². The average Bonchev–Trinajstić information content (AvgIpc) is 3.21. The van der Waals surface area contributed by atoms with Gasteiger partial charge in [-0.15, -0.1) is 0 Å². The number of aromatic amines is 2. The lowest BCUT2D eigenvalue weighted by molar-refractivity contribution is -0.201. The molecule has 0 unspecified atom stereocenters. The molecule has 136 valence electrons. The summed E-state index contributed by atoms with van der Waals surface area (Å²) < 4.78 is 10.7. The van der Waals surface area contributed by atoms with Crippen LogP contribution in [0.5, 0.6) is 0 Å². The van der Waals surface area contributed by atoms with Crippen molar-refractivity contribution in [2.24, 2.45) is 0 Å². The molecule has 0 amide bonds. The molecule has 8 heteroatoms. The Morgan fingerprint density at radius 3 is 2.48 bits per heavy atom. The maximum Gasteiger partial charge on any atom is 0.334 e. The van der Waals surface area contributed by atoms with Crippen LogP contribution in [0.15, 0.2) is 48.9 Å². The number of H-pyrrole nitrogens is 2. The number of ether oxygens (including phenoxy) is 2. The Morgan fingerprint density at radius 1 is 1.11 bits per heavy atom. The lowest BCUT2D eigenvalue weighted by atomic mass is 9.97. The Balaban J connectivity index is 1.84. The van der Waals surface area contributed by atoms with E-state index in [4.69, 9.17) is 9.47 Å². The molecule has 0 bridgehead atoms. The molecule has 2 aromatic heterocycles. The van der Waals surface area contributed by atoms with E-state index in [1.165, 1.54) is 12.5 Å². The number of carbonyl (C=O) groups is 3. The number of ketones is 1. The number of carbonyl (C=O) groups excluding carboxylic acids is 3. The summed E-state index contributed by atoms with van der Waals surface area (Å²) in [6.45, 7) is 1.75. The number of esters is 2. The number of Topliss-reactive ketones (excluding diaryl/α,β-unsaturated/α-hetero) is 1. The van der Waals surface area contributed by atoms with E-state index >= 15 is 0 Å². The first-order valence-corrected chi connectivity index (χ1v) is 8.22. The van der Waals surface area contributed by atoms with E-state index in [0.717, 1.165) is 17.7 Å². The maximum atomic E-state index is 13.4. The van der Waals surface area contributed by atoms with Crippen LogP contribution in [0.3, 0.4) is 0 Å². The second-order valence-corrected chi connectivity index (χ2v) is 6.16. The fourth-order valence-electron chi connectivity index (χ4n) is 3.05. The van der Waals surface area contributed by atoms with Gasteiger partial charge in [0.25, 0.3) is 0 Å². The second kappa shape index (κ2) is 6.24. The lowest BCUT2D eigenvalue weighted by Gasteiger charge is -2.29. The van der Waals surface area contributed by atoms with Crippen LogP contribution < -0.4 is 0 Å². The summed E-state index contributed by atoms with van der Waals surface area (Å²) in [5.41, 5.74) is 2.11. The van der Waals surface area contributed by atoms with E-state index in [9.17, 15) is 14.4 Å². The topological polar surface area (TPSA) is 114 Å². The molecule has 8 nitrogen and oxygen atoms in total. The van der Waals surface area contributed by atoms with Gasteiger partial charge in [0, 0.05) is 34.9 Å². The molecule has 0 spiro atoms. The summed E-state index contributed by atoms with van der Waals surface area (Å²) in [4.78, 5) is 47.6. The number of cyclic esters (lactones) is 2. The minimum Gasteiger partial charge on any atom is -0.411 e. The van der Waals surface area contributed by atoms with Crippen molar-refractivity contribution < 1.29 is 23.9 Å². The number of aryl methyl sites for hydroxylation is 1. The summed E-state index contributed by atoms with van der Waals surface area (Å²) in [6, 6.07) is 7.17. The van der Waals surface area contributed by atoms with Crippen LogP contribution in [-0.4, -0.2) is 38.5 Å². The summed E-state index contributed by atoms with van der Waals surface area (Å²) >= 11 is 0. The number of benzene rings is 1. The van der Waals surface area contributed by atoms with Gasteiger partial charge < -0.3 is 19.4 Å². The van der Waals surface area contributed by atoms with Gasteiger partial charge in [0.1, 0.15) is 0 Å². The molecule has 0 fully saturated rings. The number of para-hydroxylation sites is 1. The molecule has 1 aliphatic rings. The highest BCUT2D eigenvalue weighted by Gasteiger charge is 2.49. The van der Waals surface area contributed by atoms with Gasteiger partial charge in [-0.2, -0.15) is 0 Å². The van der Waals surface area contributed by atoms with Gasteiger partial charge >= 0.3 is 17.7 Å². The minimum atomic E-state index is -2.15. The molecule has 1 aliphatic heterocycles. The van der Waals surface area contributed by atoms with Crippen LogP contribution in [0.4, 0.5) is 0 Å². The second-order valence-electron chi connectivity index (χ2n) is 6.16. The number of imidazole rings is 1. The fraction of sp³-hybridized carbons (Fsp3) is 0.158. The zero-order valence-corrected chi connectivity index (χ0v) is 14.3. The third-order valence-electron chi connectivity index (χ3n) is 4.40. The number of nitrogens with zero attached hydrogens (tertiary/aromatic N) is 1. The predicted molar refractivity (Wildman–Crippen MR) is 93.7 cm³/mol. The Hall–Kier alpha value is -3.68. The van der Waals surface area contributed by atoms with Gasteiger partial charge in [0.05, 0.1) is 24.0 Å². The molecular formula is C19H15N3O5. The third-order valence-corrected chi connectivity index (χ3v) is 4.40. The highest BCUT2D eigenvalue weighted by molar-refractivity contribution is 6.13. The quantitative estimate of drug-likeness (QED) is 0.540. The summed E-state index contributed by atoms with van der Waals surface area (Å²) in [5.74, 6) is -4.49. The van der Waals surface area contributed by atoms with Crippen molar-refractivity contribution in [1.29, 1.82) is 0 Å². The Bertz CT molecular complexity index is 1070. The Kier molecular flexibility index (Phi) is 3.88. The number of fused-ring (bicyclic) bond motifs is 1. The van der Waals surface area contributed by atoms with Crippen molar-refractivity contribution in [1.82, 2.24) is 15.0 Å². The molecule has 1 aromatic carbocycles. The molecule has 3 heterocycles. The van der Waals surface area contributed by atoms with E-state index < -0.39 is 23.5 Å². The first-order chi connectivity index (χ1) is 13.0. The molecule has 2 N–H and O–H groups in total. The van der Waals surface area contributed by atoms with Gasteiger partial charge in [0.15, 0.2) is 0 Å². The predicted octanol–water partition coefficient (Wildman–Crippen LogP) is 1.98. The number of rotatable bonds is 4. The van der Waals surface area contributed by atoms with Crippen LogP contribution >= 0.6 is 0 Å². The van der Waals surface area contributed by atoms with E-state index in [1.54, 1.807) is 19.1 Å². The molecule has 27 heavy (non-hydrogen) atoms. The number of aromatic nitrogens is 3.